The van der Waals surface area contributed by atoms with Crippen molar-refractivity contribution < 1.29 is 9.53 Å². The normalized spacial score (nSPS) is 18.7. The van der Waals surface area contributed by atoms with E-state index in [9.17, 15) is 4.79 Å². The number of amides is 1. The maximum Gasteiger partial charge on any atom is 0.253 e. The highest BCUT2D eigenvalue weighted by atomic mass is 16.5. The molecule has 1 saturated heterocycles. The van der Waals surface area contributed by atoms with Gasteiger partial charge in [-0.15, -0.1) is 0 Å². The lowest BCUT2D eigenvalue weighted by Crippen LogP contribution is -2.29. The van der Waals surface area contributed by atoms with Crippen molar-refractivity contribution in [2.24, 2.45) is 5.92 Å². The number of likely N-dealkylation sites (tertiary alicyclic amines) is 1. The molecule has 1 aromatic carbocycles. The molecule has 1 atom stereocenters. The molecule has 2 rings (SSSR count). The van der Waals surface area contributed by atoms with E-state index in [1.165, 1.54) is 0 Å². The van der Waals surface area contributed by atoms with E-state index in [4.69, 9.17) is 10.00 Å². The van der Waals surface area contributed by atoms with Gasteiger partial charge < -0.3 is 9.64 Å². The van der Waals surface area contributed by atoms with Crippen molar-refractivity contribution in [3.05, 3.63) is 35.4 Å². The van der Waals surface area contributed by atoms with Crippen molar-refractivity contribution in [2.45, 2.75) is 6.42 Å². The number of carbonyl (C=O) groups is 1. The van der Waals surface area contributed by atoms with E-state index >= 15 is 0 Å². The first kappa shape index (κ1) is 12.6. The van der Waals surface area contributed by atoms with Gasteiger partial charge >= 0.3 is 0 Å². The molecule has 0 aliphatic carbocycles. The predicted octanol–water partition coefficient (Wildman–Crippen LogP) is 1.67. The molecule has 1 aromatic rings. The third kappa shape index (κ3) is 2.69. The van der Waals surface area contributed by atoms with Crippen LogP contribution in [0.1, 0.15) is 22.3 Å². The van der Waals surface area contributed by atoms with E-state index in [1.54, 1.807) is 31.4 Å². The molecule has 1 fully saturated rings. The van der Waals surface area contributed by atoms with E-state index in [0.29, 0.717) is 23.7 Å². The Kier molecular flexibility index (Phi) is 3.96. The van der Waals surface area contributed by atoms with Crippen LogP contribution < -0.4 is 0 Å². The zero-order valence-electron chi connectivity index (χ0n) is 10.4. The molecular formula is C14H16N2O2. The number of benzene rings is 1. The highest BCUT2D eigenvalue weighted by Crippen LogP contribution is 2.19. The summed E-state index contributed by atoms with van der Waals surface area (Å²) in [5, 5.41) is 8.83. The summed E-state index contributed by atoms with van der Waals surface area (Å²) in [7, 11) is 1.68. The fourth-order valence-electron chi connectivity index (χ4n) is 2.29. The highest BCUT2D eigenvalue weighted by molar-refractivity contribution is 5.94. The highest BCUT2D eigenvalue weighted by Gasteiger charge is 2.26. The van der Waals surface area contributed by atoms with Crippen LogP contribution in [0.3, 0.4) is 0 Å². The average Bonchev–Trinajstić information content (AvgIpc) is 2.87. The molecule has 1 aliphatic rings. The molecule has 4 nitrogen and oxygen atoms in total. The largest absolute Gasteiger partial charge is 0.384 e. The molecule has 0 saturated carbocycles. The van der Waals surface area contributed by atoms with Gasteiger partial charge in [-0.05, 0) is 24.6 Å². The third-order valence-corrected chi connectivity index (χ3v) is 3.21. The molecule has 1 amide bonds. The molecule has 0 aromatic heterocycles. The van der Waals surface area contributed by atoms with Gasteiger partial charge in [-0.25, -0.2) is 0 Å². The second-order valence-corrected chi connectivity index (χ2v) is 4.55. The van der Waals surface area contributed by atoms with Crippen LogP contribution in [-0.2, 0) is 4.74 Å². The van der Waals surface area contributed by atoms with Crippen molar-refractivity contribution in [1.82, 2.24) is 4.90 Å². The summed E-state index contributed by atoms with van der Waals surface area (Å²) in [4.78, 5) is 14.1. The molecule has 0 spiro atoms. The Balaban J connectivity index is 2.06. The number of nitrogens with zero attached hydrogens (tertiary/aromatic N) is 2. The lowest BCUT2D eigenvalue weighted by molar-refractivity contribution is 0.0775. The van der Waals surface area contributed by atoms with Gasteiger partial charge in [0.1, 0.15) is 0 Å². The molecule has 0 radical (unpaired) electrons. The van der Waals surface area contributed by atoms with Crippen molar-refractivity contribution in [2.75, 3.05) is 26.8 Å². The third-order valence-electron chi connectivity index (χ3n) is 3.21. The first-order valence-electron chi connectivity index (χ1n) is 6.03. The van der Waals surface area contributed by atoms with Crippen LogP contribution in [0, 0.1) is 17.2 Å². The number of methoxy groups -OCH3 is 1. The van der Waals surface area contributed by atoms with Gasteiger partial charge in [0.15, 0.2) is 0 Å². The van der Waals surface area contributed by atoms with Gasteiger partial charge in [0, 0.05) is 31.7 Å². The number of hydrogen-bond donors (Lipinski definition) is 0. The molecule has 1 unspecified atom stereocenters. The van der Waals surface area contributed by atoms with E-state index in [0.717, 1.165) is 19.5 Å². The number of hydrogen-bond acceptors (Lipinski definition) is 3. The lowest BCUT2D eigenvalue weighted by Gasteiger charge is -2.16. The van der Waals surface area contributed by atoms with Crippen LogP contribution in [0.25, 0.3) is 0 Å². The van der Waals surface area contributed by atoms with Crippen molar-refractivity contribution in [1.29, 1.82) is 5.26 Å². The minimum atomic E-state index is 0.00528. The second kappa shape index (κ2) is 5.65. The number of nitriles is 1. The van der Waals surface area contributed by atoms with Crippen LogP contribution >= 0.6 is 0 Å². The van der Waals surface area contributed by atoms with Gasteiger partial charge in [0.05, 0.1) is 18.2 Å². The number of ether oxygens (including phenoxy) is 1. The maximum atomic E-state index is 12.2. The van der Waals surface area contributed by atoms with E-state index in [2.05, 4.69) is 6.07 Å². The minimum absolute atomic E-state index is 0.00528. The predicted molar refractivity (Wildman–Crippen MR) is 67.0 cm³/mol. The summed E-state index contributed by atoms with van der Waals surface area (Å²) < 4.78 is 5.12. The SMILES string of the molecule is COCC1CCN(C(=O)c2cccc(C#N)c2)C1. The summed E-state index contributed by atoms with van der Waals surface area (Å²) in [6, 6.07) is 8.90. The molecule has 1 heterocycles. The summed E-state index contributed by atoms with van der Waals surface area (Å²) in [5.74, 6) is 0.434. The van der Waals surface area contributed by atoms with Crippen LogP contribution in [0.15, 0.2) is 24.3 Å². The quantitative estimate of drug-likeness (QED) is 0.812. The van der Waals surface area contributed by atoms with E-state index < -0.39 is 0 Å². The summed E-state index contributed by atoms with van der Waals surface area (Å²) in [5.41, 5.74) is 1.11. The van der Waals surface area contributed by atoms with Crippen molar-refractivity contribution >= 4 is 5.91 Å². The van der Waals surface area contributed by atoms with Crippen molar-refractivity contribution in [3.8, 4) is 6.07 Å². The Morgan fingerprint density at radius 1 is 1.61 bits per heavy atom. The van der Waals surface area contributed by atoms with Crippen LogP contribution in [-0.4, -0.2) is 37.6 Å². The van der Waals surface area contributed by atoms with Crippen LogP contribution in [0.5, 0.6) is 0 Å². The Labute approximate surface area is 107 Å². The van der Waals surface area contributed by atoms with Gasteiger partial charge in [-0.1, -0.05) is 6.07 Å². The summed E-state index contributed by atoms with van der Waals surface area (Å²) in [6.45, 7) is 2.20. The molecule has 94 valence electrons. The van der Waals surface area contributed by atoms with E-state index in [-0.39, 0.29) is 5.91 Å². The minimum Gasteiger partial charge on any atom is -0.384 e. The van der Waals surface area contributed by atoms with Gasteiger partial charge in [0.2, 0.25) is 0 Å². The van der Waals surface area contributed by atoms with Gasteiger partial charge in [-0.3, -0.25) is 4.79 Å². The lowest BCUT2D eigenvalue weighted by atomic mass is 10.1. The topological polar surface area (TPSA) is 53.3 Å². The molecule has 0 N–H and O–H groups in total. The monoisotopic (exact) mass is 244 g/mol. The Hall–Kier alpha value is -1.86. The summed E-state index contributed by atoms with van der Waals surface area (Å²) >= 11 is 0. The van der Waals surface area contributed by atoms with E-state index in [1.807, 2.05) is 4.90 Å². The molecule has 18 heavy (non-hydrogen) atoms. The smallest absolute Gasteiger partial charge is 0.253 e. The second-order valence-electron chi connectivity index (χ2n) is 4.55. The molecule has 4 heteroatoms. The van der Waals surface area contributed by atoms with Crippen LogP contribution in [0.2, 0.25) is 0 Å². The fraction of sp³-hybridized carbons (Fsp3) is 0.429. The average molecular weight is 244 g/mol. The number of rotatable bonds is 3. The number of carbonyl (C=O) groups excluding carboxylic acids is 1. The molecular weight excluding hydrogens is 228 g/mol. The zero-order chi connectivity index (χ0) is 13.0. The first-order chi connectivity index (χ1) is 8.74. The zero-order valence-corrected chi connectivity index (χ0v) is 10.4. The van der Waals surface area contributed by atoms with Gasteiger partial charge in [0.25, 0.3) is 5.91 Å². The Bertz CT molecular complexity index is 479. The van der Waals surface area contributed by atoms with Crippen LogP contribution in [0.4, 0.5) is 0 Å². The summed E-state index contributed by atoms with van der Waals surface area (Å²) in [6.07, 6.45) is 0.984. The maximum absolute atomic E-state index is 12.2. The fourth-order valence-corrected chi connectivity index (χ4v) is 2.29. The Morgan fingerprint density at radius 2 is 2.44 bits per heavy atom. The van der Waals surface area contributed by atoms with Crippen molar-refractivity contribution in [3.63, 3.8) is 0 Å². The standard InChI is InChI=1S/C14H16N2O2/c1-18-10-12-5-6-16(9-12)14(17)13-4-2-3-11(7-13)8-15/h2-4,7,12H,5-6,9-10H2,1H3. The van der Waals surface area contributed by atoms with Gasteiger partial charge in [-0.2, -0.15) is 5.26 Å². The molecule has 0 bridgehead atoms. The Morgan fingerprint density at radius 3 is 3.17 bits per heavy atom. The molecule has 1 aliphatic heterocycles. The first-order valence-corrected chi connectivity index (χ1v) is 6.03.